The highest BCUT2D eigenvalue weighted by molar-refractivity contribution is 6.32. The molecule has 0 unspecified atom stereocenters. The van der Waals surface area contributed by atoms with Crippen LogP contribution in [0.15, 0.2) is 11.0 Å². The molecule has 1 aromatic rings. The average Bonchev–Trinajstić information content (AvgIpc) is 2.40. The van der Waals surface area contributed by atoms with E-state index in [1.165, 1.54) is 0 Å². The second-order valence-corrected chi connectivity index (χ2v) is 4.56. The first-order valence-electron chi connectivity index (χ1n) is 5.86. The zero-order valence-corrected chi connectivity index (χ0v) is 10.8. The molecule has 1 N–H and O–H groups in total. The Balaban J connectivity index is 2.00. The number of hydrogen-bond acceptors (Lipinski definition) is 4. The van der Waals surface area contributed by atoms with Gasteiger partial charge in [-0.2, -0.15) is 5.10 Å². The van der Waals surface area contributed by atoms with Gasteiger partial charge in [0.1, 0.15) is 5.02 Å². The molecule has 0 saturated carbocycles. The van der Waals surface area contributed by atoms with Crippen LogP contribution in [-0.4, -0.2) is 47.8 Å². The second kappa shape index (κ2) is 5.89. The molecule has 2 rings (SSSR count). The molecule has 0 bridgehead atoms. The fraction of sp³-hybridized carbons (Fsp3) is 0.500. The van der Waals surface area contributed by atoms with E-state index >= 15 is 0 Å². The molecule has 0 amide bonds. The third kappa shape index (κ3) is 2.84. The van der Waals surface area contributed by atoms with Crippen LogP contribution in [-0.2, 0) is 0 Å². The van der Waals surface area contributed by atoms with Crippen LogP contribution in [0.5, 0.6) is 0 Å². The monoisotopic (exact) mass is 266 g/mol. The van der Waals surface area contributed by atoms with Gasteiger partial charge in [0.05, 0.1) is 11.9 Å². The molecule has 2 heterocycles. The zero-order valence-electron chi connectivity index (χ0n) is 10.0. The molecule has 0 aromatic carbocycles. The summed E-state index contributed by atoms with van der Waals surface area (Å²) in [6.45, 7) is 4.42. The highest BCUT2D eigenvalue weighted by atomic mass is 35.5. The topological polar surface area (TPSA) is 52.2 Å². The van der Waals surface area contributed by atoms with Crippen molar-refractivity contribution in [2.24, 2.45) is 0 Å². The van der Waals surface area contributed by atoms with Crippen LogP contribution in [0.4, 0.5) is 5.69 Å². The minimum Gasteiger partial charge on any atom is -0.366 e. The fourth-order valence-electron chi connectivity index (χ4n) is 2.03. The maximum absolute atomic E-state index is 11.4. The van der Waals surface area contributed by atoms with E-state index in [9.17, 15) is 4.79 Å². The van der Waals surface area contributed by atoms with E-state index in [2.05, 4.69) is 25.9 Å². The number of anilines is 1. The number of halogens is 1. The number of terminal acetylenes is 1. The maximum Gasteiger partial charge on any atom is 0.285 e. The molecule has 1 aliphatic heterocycles. The molecule has 0 atom stereocenters. The Kier molecular flexibility index (Phi) is 4.24. The van der Waals surface area contributed by atoms with Crippen LogP contribution in [0, 0.1) is 12.3 Å². The van der Waals surface area contributed by atoms with Gasteiger partial charge >= 0.3 is 0 Å². The van der Waals surface area contributed by atoms with E-state index in [0.29, 0.717) is 5.69 Å². The minimum atomic E-state index is -0.344. The summed E-state index contributed by atoms with van der Waals surface area (Å²) in [4.78, 5) is 15.8. The largest absolute Gasteiger partial charge is 0.366 e. The van der Waals surface area contributed by atoms with E-state index in [-0.39, 0.29) is 10.6 Å². The van der Waals surface area contributed by atoms with Gasteiger partial charge in [-0.1, -0.05) is 11.6 Å². The number of rotatable bonds is 3. The number of piperazine rings is 1. The van der Waals surface area contributed by atoms with Gasteiger partial charge in [0, 0.05) is 39.1 Å². The van der Waals surface area contributed by atoms with Gasteiger partial charge in [0.25, 0.3) is 5.56 Å². The van der Waals surface area contributed by atoms with E-state index in [0.717, 1.165) is 39.1 Å². The summed E-state index contributed by atoms with van der Waals surface area (Å²) in [5.41, 5.74) is 0.362. The normalized spacial score (nSPS) is 16.6. The van der Waals surface area contributed by atoms with Crippen LogP contribution in [0.2, 0.25) is 5.02 Å². The molecule has 1 fully saturated rings. The molecule has 1 aliphatic rings. The Bertz CT molecular complexity index is 500. The number of hydrogen-bond donors (Lipinski definition) is 1. The van der Waals surface area contributed by atoms with Gasteiger partial charge < -0.3 is 4.90 Å². The third-order valence-electron chi connectivity index (χ3n) is 3.06. The zero-order chi connectivity index (χ0) is 13.0. The first-order valence-corrected chi connectivity index (χ1v) is 6.24. The fourth-order valence-corrected chi connectivity index (χ4v) is 2.24. The summed E-state index contributed by atoms with van der Waals surface area (Å²) in [5, 5.41) is 6.31. The van der Waals surface area contributed by atoms with Crippen molar-refractivity contribution < 1.29 is 0 Å². The molecule has 0 aliphatic carbocycles. The van der Waals surface area contributed by atoms with Crippen LogP contribution < -0.4 is 10.5 Å². The Morgan fingerprint density at radius 2 is 2.17 bits per heavy atom. The second-order valence-electron chi connectivity index (χ2n) is 4.18. The molecule has 6 heteroatoms. The number of aromatic nitrogens is 2. The molecular weight excluding hydrogens is 252 g/mol. The molecule has 0 spiro atoms. The summed E-state index contributed by atoms with van der Waals surface area (Å²) in [7, 11) is 0. The van der Waals surface area contributed by atoms with Gasteiger partial charge in [-0.05, 0) is 0 Å². The van der Waals surface area contributed by atoms with Crippen molar-refractivity contribution in [2.45, 2.75) is 6.42 Å². The van der Waals surface area contributed by atoms with Crippen molar-refractivity contribution in [1.82, 2.24) is 15.1 Å². The Labute approximate surface area is 111 Å². The van der Waals surface area contributed by atoms with Crippen LogP contribution in [0.3, 0.4) is 0 Å². The van der Waals surface area contributed by atoms with Gasteiger partial charge in [0.15, 0.2) is 0 Å². The van der Waals surface area contributed by atoms with Crippen molar-refractivity contribution in [2.75, 3.05) is 37.6 Å². The highest BCUT2D eigenvalue weighted by Crippen LogP contribution is 2.21. The molecule has 5 nitrogen and oxygen atoms in total. The first kappa shape index (κ1) is 12.9. The maximum atomic E-state index is 11.4. The molecule has 18 heavy (non-hydrogen) atoms. The lowest BCUT2D eigenvalue weighted by Gasteiger charge is -2.35. The molecule has 96 valence electrons. The SMILES string of the molecule is C#CCCN1CCN(c2cn[nH]c(=O)c2Cl)CC1. The molecule has 0 radical (unpaired) electrons. The van der Waals surface area contributed by atoms with Crippen molar-refractivity contribution in [3.05, 3.63) is 21.6 Å². The lowest BCUT2D eigenvalue weighted by molar-refractivity contribution is 0.264. The molecule has 1 aromatic heterocycles. The van der Waals surface area contributed by atoms with Gasteiger partial charge in [-0.3, -0.25) is 9.69 Å². The summed E-state index contributed by atoms with van der Waals surface area (Å²) in [6.07, 6.45) is 7.62. The molecule has 1 saturated heterocycles. The predicted molar refractivity (Wildman–Crippen MR) is 72.0 cm³/mol. The Hall–Kier alpha value is -1.51. The lowest BCUT2D eigenvalue weighted by Crippen LogP contribution is -2.47. The van der Waals surface area contributed by atoms with Gasteiger partial charge in [0.2, 0.25) is 0 Å². The number of H-pyrrole nitrogens is 1. The summed E-state index contributed by atoms with van der Waals surface area (Å²) < 4.78 is 0. The first-order chi connectivity index (χ1) is 8.72. The van der Waals surface area contributed by atoms with Crippen LogP contribution in [0.25, 0.3) is 0 Å². The summed E-state index contributed by atoms with van der Waals surface area (Å²) >= 11 is 5.98. The van der Waals surface area contributed by atoms with Crippen molar-refractivity contribution in [1.29, 1.82) is 0 Å². The van der Waals surface area contributed by atoms with Crippen molar-refractivity contribution in [3.63, 3.8) is 0 Å². The van der Waals surface area contributed by atoms with E-state index in [1.54, 1.807) is 6.20 Å². The van der Waals surface area contributed by atoms with Gasteiger partial charge in [-0.25, -0.2) is 5.10 Å². The summed E-state index contributed by atoms with van der Waals surface area (Å²) in [5.74, 6) is 2.64. The number of nitrogens with zero attached hydrogens (tertiary/aromatic N) is 3. The number of aromatic amines is 1. The lowest BCUT2D eigenvalue weighted by atomic mass is 10.2. The molecular formula is C12H15ClN4O. The summed E-state index contributed by atoms with van der Waals surface area (Å²) in [6, 6.07) is 0. The van der Waals surface area contributed by atoms with E-state index in [1.807, 2.05) is 0 Å². The van der Waals surface area contributed by atoms with E-state index in [4.69, 9.17) is 18.0 Å². The third-order valence-corrected chi connectivity index (χ3v) is 3.43. The Morgan fingerprint density at radius 1 is 1.44 bits per heavy atom. The van der Waals surface area contributed by atoms with E-state index < -0.39 is 0 Å². The average molecular weight is 267 g/mol. The smallest absolute Gasteiger partial charge is 0.285 e. The van der Waals surface area contributed by atoms with Crippen LogP contribution in [0.1, 0.15) is 6.42 Å². The minimum absolute atomic E-state index is 0.210. The number of nitrogens with one attached hydrogen (secondary N) is 1. The standard InChI is InChI=1S/C12H15ClN4O/c1-2-3-4-16-5-7-17(8-6-16)10-9-14-15-12(18)11(10)13/h1,9H,3-8H2,(H,15,18). The van der Waals surface area contributed by atoms with Crippen molar-refractivity contribution in [3.8, 4) is 12.3 Å². The Morgan fingerprint density at radius 3 is 2.83 bits per heavy atom. The van der Waals surface area contributed by atoms with Crippen LogP contribution >= 0.6 is 11.6 Å². The van der Waals surface area contributed by atoms with Crippen molar-refractivity contribution >= 4 is 17.3 Å². The highest BCUT2D eigenvalue weighted by Gasteiger charge is 2.19. The van der Waals surface area contributed by atoms with Gasteiger partial charge in [-0.15, -0.1) is 12.3 Å². The quantitative estimate of drug-likeness (QED) is 0.813. The predicted octanol–water partition coefficient (Wildman–Crippen LogP) is 0.569.